The maximum atomic E-state index is 11.6. The minimum absolute atomic E-state index is 0.0927. The van der Waals surface area contributed by atoms with Crippen molar-refractivity contribution in [1.29, 1.82) is 0 Å². The van der Waals surface area contributed by atoms with E-state index < -0.39 is 0 Å². The van der Waals surface area contributed by atoms with Crippen molar-refractivity contribution in [2.45, 2.75) is 13.3 Å². The molecule has 1 rings (SSSR count). The molecule has 0 saturated carbocycles. The molecule has 0 bridgehead atoms. The van der Waals surface area contributed by atoms with Gasteiger partial charge in [0.1, 0.15) is 18.8 Å². The first-order chi connectivity index (χ1) is 7.69. The highest BCUT2D eigenvalue weighted by Gasteiger charge is 2.11. The fraction of sp³-hybridized carbons (Fsp3) is 0.364. The fourth-order valence-corrected chi connectivity index (χ4v) is 1.29. The molecule has 86 valence electrons. The van der Waals surface area contributed by atoms with Gasteiger partial charge in [-0.3, -0.25) is 4.79 Å². The van der Waals surface area contributed by atoms with Crippen LogP contribution in [0, 0.1) is 0 Å². The minimum atomic E-state index is -0.0927. The van der Waals surface area contributed by atoms with Crippen LogP contribution < -0.4 is 9.88 Å². The number of hydrogen-bond donors (Lipinski definition) is 2. The van der Waals surface area contributed by atoms with Crippen LogP contribution in [0.2, 0.25) is 0 Å². The lowest BCUT2D eigenvalue weighted by atomic mass is 10.2. The Morgan fingerprint density at radius 3 is 2.94 bits per heavy atom. The van der Waals surface area contributed by atoms with Gasteiger partial charge >= 0.3 is 0 Å². The van der Waals surface area contributed by atoms with Crippen LogP contribution in [0.5, 0.6) is 0 Å². The van der Waals surface area contributed by atoms with E-state index in [1.807, 2.05) is 6.92 Å². The van der Waals surface area contributed by atoms with Crippen molar-refractivity contribution in [2.75, 3.05) is 6.54 Å². The molecule has 1 heterocycles. The molecule has 0 aliphatic heterocycles. The highest BCUT2D eigenvalue weighted by atomic mass is 16.4. The van der Waals surface area contributed by atoms with Gasteiger partial charge in [0.05, 0.1) is 0 Å². The number of rotatable bonds is 4. The summed E-state index contributed by atoms with van der Waals surface area (Å²) in [4.78, 5) is 11.6. The summed E-state index contributed by atoms with van der Waals surface area (Å²) in [5, 5.41) is 14.2. The lowest BCUT2D eigenvalue weighted by Crippen LogP contribution is -2.36. The van der Waals surface area contributed by atoms with Gasteiger partial charge in [-0.2, -0.15) is 4.57 Å². The largest absolute Gasteiger partial charge is 0.411 e. The first kappa shape index (κ1) is 12.2. The van der Waals surface area contributed by atoms with Crippen LogP contribution in [-0.2, 0) is 7.05 Å². The topological polar surface area (TPSA) is 65.6 Å². The van der Waals surface area contributed by atoms with E-state index in [0.29, 0.717) is 12.1 Å². The maximum absolute atomic E-state index is 11.6. The summed E-state index contributed by atoms with van der Waals surface area (Å²) >= 11 is 0. The molecular formula is C11H16N3O2+. The molecule has 0 unspecified atom stereocenters. The standard InChI is InChI=1S/C11H15N3O2/c1-3-6-12-11(15)9-4-5-10(7-13-16)14(2)8-9/h4-5,7-8H,3,6H2,1-2H3,(H,12,15)/p+1. The van der Waals surface area contributed by atoms with Gasteiger partial charge in [-0.05, 0) is 12.5 Å². The predicted molar refractivity (Wildman–Crippen MR) is 59.6 cm³/mol. The normalized spacial score (nSPS) is 10.6. The van der Waals surface area contributed by atoms with Gasteiger partial charge in [0.25, 0.3) is 5.91 Å². The van der Waals surface area contributed by atoms with E-state index in [9.17, 15) is 4.79 Å². The molecule has 0 radical (unpaired) electrons. The van der Waals surface area contributed by atoms with Crippen LogP contribution in [0.3, 0.4) is 0 Å². The average Bonchev–Trinajstić information content (AvgIpc) is 2.29. The van der Waals surface area contributed by atoms with Crippen LogP contribution in [0.15, 0.2) is 23.5 Å². The van der Waals surface area contributed by atoms with Gasteiger partial charge in [0, 0.05) is 12.6 Å². The number of amides is 1. The minimum Gasteiger partial charge on any atom is -0.411 e. The number of nitrogens with one attached hydrogen (secondary N) is 1. The lowest BCUT2D eigenvalue weighted by Gasteiger charge is -2.02. The van der Waals surface area contributed by atoms with Crippen LogP contribution in [0.1, 0.15) is 29.4 Å². The Morgan fingerprint density at radius 1 is 1.62 bits per heavy atom. The third kappa shape index (κ3) is 3.05. The molecule has 0 aliphatic rings. The second kappa shape index (κ2) is 5.85. The molecule has 16 heavy (non-hydrogen) atoms. The molecule has 0 aromatic carbocycles. The Labute approximate surface area is 94.4 Å². The zero-order chi connectivity index (χ0) is 12.0. The molecule has 0 fully saturated rings. The Morgan fingerprint density at radius 2 is 2.38 bits per heavy atom. The third-order valence-corrected chi connectivity index (χ3v) is 2.16. The van der Waals surface area contributed by atoms with E-state index in [-0.39, 0.29) is 5.91 Å². The average molecular weight is 222 g/mol. The molecule has 1 amide bonds. The molecular weight excluding hydrogens is 206 g/mol. The van der Waals surface area contributed by atoms with Crippen molar-refractivity contribution in [1.82, 2.24) is 5.32 Å². The molecule has 1 aromatic rings. The Kier molecular flexibility index (Phi) is 4.44. The molecule has 0 aliphatic carbocycles. The van der Waals surface area contributed by atoms with Crippen molar-refractivity contribution >= 4 is 12.1 Å². The molecule has 2 N–H and O–H groups in total. The number of oxime groups is 1. The molecule has 1 aromatic heterocycles. The van der Waals surface area contributed by atoms with E-state index in [1.54, 1.807) is 29.9 Å². The Bertz CT molecular complexity index is 402. The SMILES string of the molecule is CCCNC(=O)c1ccc(/C=N\O)[n+](C)c1. The fourth-order valence-electron chi connectivity index (χ4n) is 1.29. The Balaban J connectivity index is 2.84. The number of hydrogen-bond acceptors (Lipinski definition) is 3. The van der Waals surface area contributed by atoms with Gasteiger partial charge < -0.3 is 10.5 Å². The highest BCUT2D eigenvalue weighted by Crippen LogP contribution is 1.97. The van der Waals surface area contributed by atoms with Gasteiger partial charge in [0.15, 0.2) is 6.20 Å². The van der Waals surface area contributed by atoms with Crippen LogP contribution in [-0.4, -0.2) is 23.9 Å². The summed E-state index contributed by atoms with van der Waals surface area (Å²) in [6, 6.07) is 3.42. The summed E-state index contributed by atoms with van der Waals surface area (Å²) in [6.07, 6.45) is 3.92. The third-order valence-electron chi connectivity index (χ3n) is 2.16. The monoisotopic (exact) mass is 222 g/mol. The highest BCUT2D eigenvalue weighted by molar-refractivity contribution is 5.93. The summed E-state index contributed by atoms with van der Waals surface area (Å²) in [6.45, 7) is 2.67. The quantitative estimate of drug-likeness (QED) is 0.336. The summed E-state index contributed by atoms with van der Waals surface area (Å²) in [7, 11) is 1.79. The van der Waals surface area contributed by atoms with Crippen molar-refractivity contribution in [3.05, 3.63) is 29.6 Å². The molecule has 0 atom stereocenters. The zero-order valence-electron chi connectivity index (χ0n) is 9.47. The second-order valence-electron chi connectivity index (χ2n) is 3.45. The lowest BCUT2D eigenvalue weighted by molar-refractivity contribution is -0.672. The van der Waals surface area contributed by atoms with Crippen LogP contribution in [0.25, 0.3) is 0 Å². The zero-order valence-corrected chi connectivity index (χ0v) is 9.47. The molecule has 5 heteroatoms. The smallest absolute Gasteiger partial charge is 0.257 e. The van der Waals surface area contributed by atoms with E-state index in [4.69, 9.17) is 5.21 Å². The van der Waals surface area contributed by atoms with Gasteiger partial charge in [-0.15, -0.1) is 0 Å². The first-order valence-corrected chi connectivity index (χ1v) is 5.14. The number of pyridine rings is 1. The maximum Gasteiger partial charge on any atom is 0.257 e. The summed E-state index contributed by atoms with van der Waals surface area (Å²) < 4.78 is 1.72. The van der Waals surface area contributed by atoms with Gasteiger partial charge in [0.2, 0.25) is 5.69 Å². The number of carbonyl (C=O) groups excluding carboxylic acids is 1. The van der Waals surface area contributed by atoms with E-state index in [1.165, 1.54) is 6.21 Å². The van der Waals surface area contributed by atoms with E-state index in [0.717, 1.165) is 12.1 Å². The predicted octanol–water partition coefficient (Wildman–Crippen LogP) is 0.459. The number of aryl methyl sites for hydroxylation is 1. The summed E-state index contributed by atoms with van der Waals surface area (Å²) in [5.74, 6) is -0.0927. The molecule has 0 spiro atoms. The van der Waals surface area contributed by atoms with Gasteiger partial charge in [-0.1, -0.05) is 12.1 Å². The Hall–Kier alpha value is -1.91. The second-order valence-corrected chi connectivity index (χ2v) is 3.45. The van der Waals surface area contributed by atoms with E-state index in [2.05, 4.69) is 10.5 Å². The molecule has 5 nitrogen and oxygen atoms in total. The first-order valence-electron chi connectivity index (χ1n) is 5.14. The number of aromatic nitrogens is 1. The van der Waals surface area contributed by atoms with Crippen LogP contribution in [0.4, 0.5) is 0 Å². The number of nitrogens with zero attached hydrogens (tertiary/aromatic N) is 2. The van der Waals surface area contributed by atoms with Crippen molar-refractivity contribution in [3.63, 3.8) is 0 Å². The molecule has 0 saturated heterocycles. The van der Waals surface area contributed by atoms with Crippen molar-refractivity contribution in [3.8, 4) is 0 Å². The van der Waals surface area contributed by atoms with Gasteiger partial charge in [-0.25, -0.2) is 0 Å². The van der Waals surface area contributed by atoms with Crippen molar-refractivity contribution in [2.24, 2.45) is 12.2 Å². The van der Waals surface area contributed by atoms with E-state index >= 15 is 0 Å². The summed E-state index contributed by atoms with van der Waals surface area (Å²) in [5.41, 5.74) is 1.31. The number of carbonyl (C=O) groups is 1. The van der Waals surface area contributed by atoms with Crippen molar-refractivity contribution < 1.29 is 14.6 Å². The van der Waals surface area contributed by atoms with Crippen LogP contribution >= 0.6 is 0 Å².